The lowest BCUT2D eigenvalue weighted by atomic mass is 9.88. The Morgan fingerprint density at radius 1 is 0.444 bits per heavy atom. The number of thiophene rings is 1. The van der Waals surface area contributed by atoms with Gasteiger partial charge in [-0.1, -0.05) is 97.1 Å². The fourth-order valence-electron chi connectivity index (χ4n) is 5.77. The van der Waals surface area contributed by atoms with Crippen LogP contribution < -0.4 is 0 Å². The minimum atomic E-state index is 0.941. The van der Waals surface area contributed by atoms with Crippen LogP contribution in [0.5, 0.6) is 0 Å². The highest BCUT2D eigenvalue weighted by Crippen LogP contribution is 2.47. The standard InChI is InChI=1S/C34H20OS/c1-2-10-21(11-3-1)32-22-12-4-6-14-24(22)34(25-15-7-5-13-23(25)32)31-20-27-30(36-31)19-18-29-33(27)26-16-8-9-17-28(26)35-29/h1-20H. The van der Waals surface area contributed by atoms with E-state index < -0.39 is 0 Å². The third-order valence-electron chi connectivity index (χ3n) is 7.28. The van der Waals surface area contributed by atoms with Crippen molar-refractivity contribution in [3.63, 3.8) is 0 Å². The number of hydrogen-bond donors (Lipinski definition) is 0. The van der Waals surface area contributed by atoms with Gasteiger partial charge in [0.05, 0.1) is 0 Å². The van der Waals surface area contributed by atoms with Gasteiger partial charge in [0.2, 0.25) is 0 Å². The van der Waals surface area contributed by atoms with E-state index in [-0.39, 0.29) is 0 Å². The third kappa shape index (κ3) is 2.76. The summed E-state index contributed by atoms with van der Waals surface area (Å²) < 4.78 is 7.47. The van der Waals surface area contributed by atoms with Gasteiger partial charge in [-0.25, -0.2) is 0 Å². The summed E-state index contributed by atoms with van der Waals surface area (Å²) in [6, 6.07) is 43.5. The van der Waals surface area contributed by atoms with Crippen LogP contribution in [0.2, 0.25) is 0 Å². The van der Waals surface area contributed by atoms with Crippen LogP contribution in [0.3, 0.4) is 0 Å². The monoisotopic (exact) mass is 476 g/mol. The van der Waals surface area contributed by atoms with Crippen molar-refractivity contribution in [3.8, 4) is 21.6 Å². The quantitative estimate of drug-likeness (QED) is 0.226. The first-order valence-electron chi connectivity index (χ1n) is 12.2. The SMILES string of the molecule is c1ccc(-c2c3ccccc3c(-c3cc4c(ccc5oc6ccccc6c54)s3)c3ccccc23)cc1. The van der Waals surface area contributed by atoms with Crippen LogP contribution >= 0.6 is 11.3 Å². The number of furan rings is 1. The fraction of sp³-hybridized carbons (Fsp3) is 0. The Balaban J connectivity index is 1.52. The van der Waals surface area contributed by atoms with Gasteiger partial charge >= 0.3 is 0 Å². The lowest BCUT2D eigenvalue weighted by Gasteiger charge is -2.16. The predicted molar refractivity (Wildman–Crippen MR) is 155 cm³/mol. The molecule has 0 radical (unpaired) electrons. The molecular weight excluding hydrogens is 456 g/mol. The number of hydrogen-bond acceptors (Lipinski definition) is 2. The molecule has 0 aliphatic heterocycles. The molecule has 0 saturated carbocycles. The highest BCUT2D eigenvalue weighted by Gasteiger charge is 2.19. The molecule has 0 unspecified atom stereocenters. The molecular formula is C34H20OS. The van der Waals surface area contributed by atoms with Crippen molar-refractivity contribution < 1.29 is 4.42 Å². The number of para-hydroxylation sites is 1. The predicted octanol–water partition coefficient (Wildman–Crippen LogP) is 10.4. The molecule has 2 heterocycles. The second-order valence-electron chi connectivity index (χ2n) is 9.27. The van der Waals surface area contributed by atoms with Crippen molar-refractivity contribution in [1.29, 1.82) is 0 Å². The van der Waals surface area contributed by atoms with Gasteiger partial charge in [-0.15, -0.1) is 11.3 Å². The second-order valence-corrected chi connectivity index (χ2v) is 10.4. The molecule has 0 fully saturated rings. The molecule has 2 heteroatoms. The maximum Gasteiger partial charge on any atom is 0.136 e. The zero-order valence-corrected chi connectivity index (χ0v) is 20.2. The van der Waals surface area contributed by atoms with Gasteiger partial charge in [0.15, 0.2) is 0 Å². The topological polar surface area (TPSA) is 13.1 Å². The molecule has 0 amide bonds. The molecule has 0 atom stereocenters. The Kier molecular flexibility index (Phi) is 4.16. The van der Waals surface area contributed by atoms with E-state index in [4.69, 9.17) is 4.42 Å². The van der Waals surface area contributed by atoms with Gasteiger partial charge in [-0.05, 0) is 56.9 Å². The largest absolute Gasteiger partial charge is 0.456 e. The van der Waals surface area contributed by atoms with Crippen molar-refractivity contribution in [3.05, 3.63) is 121 Å². The number of rotatable bonds is 2. The molecule has 2 aromatic heterocycles. The number of benzene rings is 6. The van der Waals surface area contributed by atoms with Crippen molar-refractivity contribution in [2.75, 3.05) is 0 Å². The smallest absolute Gasteiger partial charge is 0.136 e. The molecule has 168 valence electrons. The van der Waals surface area contributed by atoms with Crippen LogP contribution in [-0.2, 0) is 0 Å². The highest BCUT2D eigenvalue weighted by atomic mass is 32.1. The van der Waals surface area contributed by atoms with Gasteiger partial charge in [0.1, 0.15) is 11.2 Å². The summed E-state index contributed by atoms with van der Waals surface area (Å²) in [6.45, 7) is 0. The molecule has 0 saturated heterocycles. The third-order valence-corrected chi connectivity index (χ3v) is 8.40. The lowest BCUT2D eigenvalue weighted by molar-refractivity contribution is 0.669. The van der Waals surface area contributed by atoms with Gasteiger partial charge in [0.25, 0.3) is 0 Å². The average Bonchev–Trinajstić information content (AvgIpc) is 3.53. The van der Waals surface area contributed by atoms with E-state index in [0.29, 0.717) is 0 Å². The molecule has 8 rings (SSSR count). The van der Waals surface area contributed by atoms with E-state index in [1.165, 1.54) is 64.0 Å². The average molecular weight is 477 g/mol. The van der Waals surface area contributed by atoms with E-state index >= 15 is 0 Å². The van der Waals surface area contributed by atoms with Crippen LogP contribution in [0.25, 0.3) is 75.1 Å². The van der Waals surface area contributed by atoms with E-state index in [2.05, 4.69) is 115 Å². The normalized spacial score (nSPS) is 11.9. The van der Waals surface area contributed by atoms with E-state index in [1.807, 2.05) is 17.4 Å². The van der Waals surface area contributed by atoms with Gasteiger partial charge in [-0.2, -0.15) is 0 Å². The summed E-state index contributed by atoms with van der Waals surface area (Å²) in [5.74, 6) is 0. The van der Waals surface area contributed by atoms with E-state index in [9.17, 15) is 0 Å². The maximum atomic E-state index is 6.19. The second kappa shape index (κ2) is 7.55. The Labute approximate surface area is 211 Å². The highest BCUT2D eigenvalue weighted by molar-refractivity contribution is 7.22. The van der Waals surface area contributed by atoms with Gasteiger partial charge in [-0.3, -0.25) is 0 Å². The molecule has 36 heavy (non-hydrogen) atoms. The minimum absolute atomic E-state index is 0.941. The Hall–Kier alpha value is -4.40. The lowest BCUT2D eigenvalue weighted by Crippen LogP contribution is -1.89. The van der Waals surface area contributed by atoms with Crippen LogP contribution in [0, 0.1) is 0 Å². The van der Waals surface area contributed by atoms with Crippen molar-refractivity contribution in [2.24, 2.45) is 0 Å². The zero-order chi connectivity index (χ0) is 23.6. The zero-order valence-electron chi connectivity index (χ0n) is 19.4. The molecule has 6 aromatic carbocycles. The molecule has 1 nitrogen and oxygen atoms in total. The summed E-state index contributed by atoms with van der Waals surface area (Å²) in [4.78, 5) is 1.29. The first-order chi connectivity index (χ1) is 17.9. The molecule has 0 aliphatic rings. The Morgan fingerprint density at radius 2 is 1.03 bits per heavy atom. The van der Waals surface area contributed by atoms with Crippen molar-refractivity contribution in [2.45, 2.75) is 0 Å². The van der Waals surface area contributed by atoms with E-state index in [1.54, 1.807) is 0 Å². The fourth-order valence-corrected chi connectivity index (χ4v) is 6.91. The first kappa shape index (κ1) is 19.9. The summed E-state index contributed by atoms with van der Waals surface area (Å²) in [6.07, 6.45) is 0. The summed E-state index contributed by atoms with van der Waals surface area (Å²) in [7, 11) is 0. The molecule has 0 N–H and O–H groups in total. The minimum Gasteiger partial charge on any atom is -0.456 e. The molecule has 0 bridgehead atoms. The van der Waals surface area contributed by atoms with E-state index in [0.717, 1.165) is 11.2 Å². The number of fused-ring (bicyclic) bond motifs is 7. The van der Waals surface area contributed by atoms with Crippen LogP contribution in [0.4, 0.5) is 0 Å². The molecule has 0 aliphatic carbocycles. The molecule has 0 spiro atoms. The van der Waals surface area contributed by atoms with Crippen LogP contribution in [0.15, 0.2) is 126 Å². The van der Waals surface area contributed by atoms with Crippen LogP contribution in [0.1, 0.15) is 0 Å². The van der Waals surface area contributed by atoms with Gasteiger partial charge in [0, 0.05) is 31.3 Å². The first-order valence-corrected chi connectivity index (χ1v) is 13.0. The summed E-state index contributed by atoms with van der Waals surface area (Å²) in [5.41, 5.74) is 5.75. The Bertz CT molecular complexity index is 2040. The van der Waals surface area contributed by atoms with Crippen molar-refractivity contribution in [1.82, 2.24) is 0 Å². The summed E-state index contributed by atoms with van der Waals surface area (Å²) >= 11 is 1.87. The van der Waals surface area contributed by atoms with Crippen LogP contribution in [-0.4, -0.2) is 0 Å². The Morgan fingerprint density at radius 3 is 1.72 bits per heavy atom. The summed E-state index contributed by atoms with van der Waals surface area (Å²) in [5, 5.41) is 8.79. The van der Waals surface area contributed by atoms with Crippen molar-refractivity contribution >= 4 is 64.9 Å². The maximum absolute atomic E-state index is 6.19. The van der Waals surface area contributed by atoms with Gasteiger partial charge < -0.3 is 4.42 Å². The molecule has 8 aromatic rings.